The van der Waals surface area contributed by atoms with Crippen LogP contribution in [-0.4, -0.2) is 60.2 Å². The third-order valence-corrected chi connectivity index (χ3v) is 6.07. The molecule has 0 saturated heterocycles. The van der Waals surface area contributed by atoms with Crippen LogP contribution in [0.4, 0.5) is 9.59 Å². The van der Waals surface area contributed by atoms with Crippen LogP contribution in [0.25, 0.3) is 0 Å². The second-order valence-electron chi connectivity index (χ2n) is 10.6. The van der Waals surface area contributed by atoms with E-state index in [-0.39, 0.29) is 30.9 Å². The normalized spacial score (nSPS) is 11.2. The Morgan fingerprint density at radius 2 is 1.11 bits per heavy atom. The van der Waals surface area contributed by atoms with Crippen LogP contribution in [0.5, 0.6) is 0 Å². The molecule has 0 radical (unpaired) electrons. The number of unbranched alkanes of at least 4 members (excludes halogenated alkanes) is 2. The van der Waals surface area contributed by atoms with Crippen molar-refractivity contribution in [2.24, 2.45) is 0 Å². The highest BCUT2D eigenvalue weighted by molar-refractivity contribution is 5.68. The van der Waals surface area contributed by atoms with E-state index >= 15 is 0 Å². The lowest BCUT2D eigenvalue weighted by atomic mass is 10.1. The van der Waals surface area contributed by atoms with Crippen molar-refractivity contribution in [3.63, 3.8) is 0 Å². The van der Waals surface area contributed by atoms with E-state index in [1.165, 1.54) is 0 Å². The van der Waals surface area contributed by atoms with Gasteiger partial charge in [-0.1, -0.05) is 74.0 Å². The minimum absolute atomic E-state index is 0.0374. The maximum atomic E-state index is 12.9. The summed E-state index contributed by atoms with van der Waals surface area (Å²) in [5.41, 5.74) is 1.98. The Morgan fingerprint density at radius 1 is 0.684 bits per heavy atom. The van der Waals surface area contributed by atoms with Gasteiger partial charge in [-0.05, 0) is 64.1 Å². The number of hydrogen-bond acceptors (Lipinski definition) is 5. The molecule has 2 aromatic carbocycles. The van der Waals surface area contributed by atoms with Crippen LogP contribution in [0.15, 0.2) is 60.7 Å². The smallest absolute Gasteiger partial charge is 0.410 e. The number of amides is 2. The number of benzene rings is 2. The van der Waals surface area contributed by atoms with Gasteiger partial charge in [0.2, 0.25) is 0 Å². The molecular weight excluding hydrogens is 478 g/mol. The van der Waals surface area contributed by atoms with Gasteiger partial charge in [0, 0.05) is 31.7 Å². The summed E-state index contributed by atoms with van der Waals surface area (Å²) >= 11 is 0. The van der Waals surface area contributed by atoms with Crippen molar-refractivity contribution in [3.05, 3.63) is 71.8 Å². The fourth-order valence-corrected chi connectivity index (χ4v) is 3.90. The number of nitrogens with one attached hydrogen (secondary N) is 1. The first kappa shape index (κ1) is 31.2. The molecule has 2 amide bonds. The van der Waals surface area contributed by atoms with Crippen LogP contribution < -0.4 is 5.32 Å². The molecule has 0 bridgehead atoms. The zero-order chi connectivity index (χ0) is 27.6. The lowest BCUT2D eigenvalue weighted by molar-refractivity contribution is 0.0894. The van der Waals surface area contributed by atoms with Gasteiger partial charge in [-0.25, -0.2) is 9.59 Å². The SMILES string of the molecule is CCCCN(CCCCN(CCCNC(C)(C)C)C(=O)OCc1ccccc1)C(=O)OCc1ccccc1. The lowest BCUT2D eigenvalue weighted by Crippen LogP contribution is -2.39. The molecule has 0 heterocycles. The van der Waals surface area contributed by atoms with Crippen molar-refractivity contribution in [2.45, 2.75) is 78.6 Å². The summed E-state index contributed by atoms with van der Waals surface area (Å²) < 4.78 is 11.2. The molecule has 1 N–H and O–H groups in total. The van der Waals surface area contributed by atoms with Gasteiger partial charge in [0.15, 0.2) is 0 Å². The quantitative estimate of drug-likeness (QED) is 0.249. The van der Waals surface area contributed by atoms with Crippen LogP contribution in [0.2, 0.25) is 0 Å². The Kier molecular flexibility index (Phi) is 14.3. The topological polar surface area (TPSA) is 71.1 Å². The van der Waals surface area contributed by atoms with Crippen molar-refractivity contribution in [2.75, 3.05) is 32.7 Å². The van der Waals surface area contributed by atoms with Gasteiger partial charge in [-0.2, -0.15) is 0 Å². The van der Waals surface area contributed by atoms with Crippen LogP contribution in [0.3, 0.4) is 0 Å². The summed E-state index contributed by atoms with van der Waals surface area (Å²) in [4.78, 5) is 29.2. The second kappa shape index (κ2) is 17.4. The van der Waals surface area contributed by atoms with Gasteiger partial charge in [-0.3, -0.25) is 0 Å². The average molecular weight is 526 g/mol. The fraction of sp³-hybridized carbons (Fsp3) is 0.548. The Hall–Kier alpha value is -3.06. The molecule has 0 saturated carbocycles. The predicted octanol–water partition coefficient (Wildman–Crippen LogP) is 6.62. The Balaban J connectivity index is 1.85. The number of carbonyl (C=O) groups excluding carboxylic acids is 2. The summed E-state index contributed by atoms with van der Waals surface area (Å²) in [6.45, 7) is 12.3. The molecule has 0 aliphatic heterocycles. The Morgan fingerprint density at radius 3 is 1.53 bits per heavy atom. The molecule has 210 valence electrons. The highest BCUT2D eigenvalue weighted by Gasteiger charge is 2.18. The number of rotatable bonds is 16. The van der Waals surface area contributed by atoms with Gasteiger partial charge in [-0.15, -0.1) is 0 Å². The highest BCUT2D eigenvalue weighted by atomic mass is 16.6. The molecule has 2 aromatic rings. The number of carbonyl (C=O) groups is 2. The van der Waals surface area contributed by atoms with E-state index in [0.717, 1.165) is 49.8 Å². The van der Waals surface area contributed by atoms with Crippen LogP contribution in [0.1, 0.15) is 70.9 Å². The van der Waals surface area contributed by atoms with Gasteiger partial charge >= 0.3 is 12.2 Å². The maximum Gasteiger partial charge on any atom is 0.410 e. The summed E-state index contributed by atoms with van der Waals surface area (Å²) in [5, 5.41) is 3.48. The van der Waals surface area contributed by atoms with E-state index in [4.69, 9.17) is 9.47 Å². The van der Waals surface area contributed by atoms with Gasteiger partial charge in [0.25, 0.3) is 0 Å². The summed E-state index contributed by atoms with van der Waals surface area (Å²) in [5.74, 6) is 0. The van der Waals surface area contributed by atoms with E-state index < -0.39 is 0 Å². The van der Waals surface area contributed by atoms with Crippen molar-refractivity contribution in [1.82, 2.24) is 15.1 Å². The molecule has 0 aliphatic rings. The minimum atomic E-state index is -0.297. The lowest BCUT2D eigenvalue weighted by Gasteiger charge is -2.25. The third-order valence-electron chi connectivity index (χ3n) is 6.07. The van der Waals surface area contributed by atoms with Crippen molar-refractivity contribution in [1.29, 1.82) is 0 Å². The number of nitrogens with zero attached hydrogens (tertiary/aromatic N) is 2. The molecule has 38 heavy (non-hydrogen) atoms. The van der Waals surface area contributed by atoms with Crippen molar-refractivity contribution in [3.8, 4) is 0 Å². The fourth-order valence-electron chi connectivity index (χ4n) is 3.90. The Labute approximate surface area is 229 Å². The predicted molar refractivity (Wildman–Crippen MR) is 153 cm³/mol. The first-order valence-corrected chi connectivity index (χ1v) is 13.9. The summed E-state index contributed by atoms with van der Waals surface area (Å²) in [6, 6.07) is 19.4. The minimum Gasteiger partial charge on any atom is -0.445 e. The molecule has 0 unspecified atom stereocenters. The van der Waals surface area contributed by atoms with E-state index in [9.17, 15) is 9.59 Å². The molecule has 0 atom stereocenters. The first-order valence-electron chi connectivity index (χ1n) is 13.9. The molecule has 0 aromatic heterocycles. The van der Waals surface area contributed by atoms with E-state index in [2.05, 4.69) is 33.0 Å². The van der Waals surface area contributed by atoms with E-state index in [0.29, 0.717) is 26.2 Å². The third kappa shape index (κ3) is 13.5. The molecule has 2 rings (SSSR count). The first-order chi connectivity index (χ1) is 18.3. The average Bonchev–Trinajstić information content (AvgIpc) is 2.91. The second-order valence-corrected chi connectivity index (χ2v) is 10.6. The van der Waals surface area contributed by atoms with Crippen LogP contribution >= 0.6 is 0 Å². The monoisotopic (exact) mass is 525 g/mol. The molecule has 0 spiro atoms. The van der Waals surface area contributed by atoms with Crippen molar-refractivity contribution >= 4 is 12.2 Å². The summed E-state index contributed by atoms with van der Waals surface area (Å²) in [7, 11) is 0. The van der Waals surface area contributed by atoms with Crippen LogP contribution in [-0.2, 0) is 22.7 Å². The zero-order valence-corrected chi connectivity index (χ0v) is 23.8. The summed E-state index contributed by atoms with van der Waals surface area (Å²) in [6.07, 6.45) is 3.76. The van der Waals surface area contributed by atoms with Gasteiger partial charge < -0.3 is 24.6 Å². The highest BCUT2D eigenvalue weighted by Crippen LogP contribution is 2.09. The standard InChI is InChI=1S/C31H47N3O4/c1-5-6-21-33(29(35)37-25-27-16-9-7-10-17-27)22-13-14-23-34(24-15-20-32-31(2,3)4)30(36)38-26-28-18-11-8-12-19-28/h7-12,16-19,32H,5-6,13-15,20-26H2,1-4H3. The molecule has 7 nitrogen and oxygen atoms in total. The Bertz CT molecular complexity index is 916. The molecular formula is C31H47N3O4. The van der Waals surface area contributed by atoms with E-state index in [1.54, 1.807) is 9.80 Å². The molecule has 0 fully saturated rings. The van der Waals surface area contributed by atoms with Crippen molar-refractivity contribution < 1.29 is 19.1 Å². The largest absolute Gasteiger partial charge is 0.445 e. The molecule has 7 heteroatoms. The van der Waals surface area contributed by atoms with Gasteiger partial charge in [0.05, 0.1) is 0 Å². The molecule has 0 aliphatic carbocycles. The van der Waals surface area contributed by atoms with Gasteiger partial charge in [0.1, 0.15) is 13.2 Å². The number of hydrogen-bond donors (Lipinski definition) is 1. The van der Waals surface area contributed by atoms with E-state index in [1.807, 2.05) is 60.7 Å². The van der Waals surface area contributed by atoms with Crippen LogP contribution in [0, 0.1) is 0 Å². The maximum absolute atomic E-state index is 12.9. The number of ether oxygens (including phenoxy) is 2. The zero-order valence-electron chi connectivity index (χ0n) is 23.8.